The van der Waals surface area contributed by atoms with Crippen molar-refractivity contribution in [1.29, 1.82) is 0 Å². The van der Waals surface area contributed by atoms with E-state index in [-0.39, 0.29) is 66.0 Å². The monoisotopic (exact) mass is 541 g/mol. The van der Waals surface area contributed by atoms with Gasteiger partial charge in [-0.2, -0.15) is 18.3 Å². The zero-order valence-corrected chi connectivity index (χ0v) is 21.3. The predicted octanol–water partition coefficient (Wildman–Crippen LogP) is 3.46. The van der Waals surface area contributed by atoms with Crippen LogP contribution in [0.15, 0.2) is 18.3 Å². The second kappa shape index (κ2) is 10.5. The number of nitrogens with one attached hydrogen (secondary N) is 2. The molecule has 0 spiro atoms. The van der Waals surface area contributed by atoms with E-state index in [0.717, 1.165) is 6.20 Å². The molecule has 1 saturated heterocycles. The Morgan fingerprint density at radius 3 is 2.55 bits per heavy atom. The first kappa shape index (κ1) is 27.8. The van der Waals surface area contributed by atoms with Gasteiger partial charge < -0.3 is 20.1 Å². The fourth-order valence-corrected chi connectivity index (χ4v) is 5.28. The van der Waals surface area contributed by atoms with E-state index in [1.165, 1.54) is 19.2 Å². The van der Waals surface area contributed by atoms with Gasteiger partial charge >= 0.3 is 6.18 Å². The number of halogens is 4. The van der Waals surface area contributed by atoms with E-state index < -0.39 is 42.4 Å². The first-order valence-corrected chi connectivity index (χ1v) is 12.5. The number of pyridine rings is 1. The molecule has 3 atom stereocenters. The Bertz CT molecular complexity index is 1180. The maximum atomic E-state index is 14.3. The number of alkyl halides is 3. The minimum absolute atomic E-state index is 0.0362. The van der Waals surface area contributed by atoms with Crippen LogP contribution in [-0.2, 0) is 4.79 Å². The van der Waals surface area contributed by atoms with Gasteiger partial charge in [-0.15, -0.1) is 0 Å². The van der Waals surface area contributed by atoms with Crippen molar-refractivity contribution >= 4 is 11.8 Å². The molecule has 13 heteroatoms. The van der Waals surface area contributed by atoms with Gasteiger partial charge in [0.25, 0.3) is 5.91 Å². The first-order chi connectivity index (χ1) is 17.8. The van der Waals surface area contributed by atoms with E-state index in [0.29, 0.717) is 6.42 Å². The van der Waals surface area contributed by atoms with Crippen LogP contribution in [0.3, 0.4) is 0 Å². The second-order valence-electron chi connectivity index (χ2n) is 10.3. The number of aromatic nitrogens is 3. The molecule has 0 unspecified atom stereocenters. The van der Waals surface area contributed by atoms with Crippen LogP contribution in [0, 0.1) is 17.7 Å². The van der Waals surface area contributed by atoms with E-state index in [1.807, 2.05) is 13.8 Å². The van der Waals surface area contributed by atoms with Crippen LogP contribution >= 0.6 is 0 Å². The standard InChI is InChI=1S/C25H31F4N5O4/c1-13-12-34(23(36)20-10-19(32-33-20)17-9-21(38-3)30-11-18(17)26)14(2)8-16(13)22(35)31-15-4-6-24(37,7-5-15)25(27,28)29/h9-11,13-16,37H,4-8,12H2,1-3H3,(H,31,35)(H,32,33)/t13-,14-,15?,16+,24?/m0/s1. The molecular formula is C25H31F4N5O4. The summed E-state index contributed by atoms with van der Waals surface area (Å²) in [5.74, 6) is -1.68. The van der Waals surface area contributed by atoms with E-state index in [9.17, 15) is 32.3 Å². The van der Waals surface area contributed by atoms with Crippen molar-refractivity contribution in [2.45, 2.75) is 69.8 Å². The van der Waals surface area contributed by atoms with Crippen LogP contribution < -0.4 is 10.1 Å². The highest BCUT2D eigenvalue weighted by Crippen LogP contribution is 2.41. The number of aliphatic hydroxyl groups is 1. The molecule has 3 heterocycles. The van der Waals surface area contributed by atoms with Crippen molar-refractivity contribution in [2.75, 3.05) is 13.7 Å². The van der Waals surface area contributed by atoms with Gasteiger partial charge in [0.05, 0.1) is 19.0 Å². The zero-order chi connectivity index (χ0) is 27.8. The number of hydrogen-bond acceptors (Lipinski definition) is 6. The number of carbonyl (C=O) groups is 2. The summed E-state index contributed by atoms with van der Waals surface area (Å²) in [5.41, 5.74) is -2.18. The fourth-order valence-electron chi connectivity index (χ4n) is 5.28. The number of ether oxygens (including phenoxy) is 1. The lowest BCUT2D eigenvalue weighted by Gasteiger charge is -2.42. The van der Waals surface area contributed by atoms with Gasteiger partial charge in [0.1, 0.15) is 0 Å². The molecule has 1 saturated carbocycles. The van der Waals surface area contributed by atoms with Crippen LogP contribution in [0.1, 0.15) is 56.4 Å². The van der Waals surface area contributed by atoms with Crippen molar-refractivity contribution in [1.82, 2.24) is 25.4 Å². The molecular weight excluding hydrogens is 510 g/mol. The molecule has 1 aliphatic carbocycles. The van der Waals surface area contributed by atoms with E-state index >= 15 is 0 Å². The molecule has 2 aliphatic rings. The summed E-state index contributed by atoms with van der Waals surface area (Å²) in [4.78, 5) is 31.7. The second-order valence-corrected chi connectivity index (χ2v) is 10.3. The number of carbonyl (C=O) groups excluding carboxylic acids is 2. The van der Waals surface area contributed by atoms with Gasteiger partial charge in [0.2, 0.25) is 11.8 Å². The molecule has 4 rings (SSSR count). The van der Waals surface area contributed by atoms with Crippen molar-refractivity contribution in [3.63, 3.8) is 0 Å². The Balaban J connectivity index is 1.37. The Hall–Kier alpha value is -3.22. The number of piperidine rings is 1. The van der Waals surface area contributed by atoms with Crippen LogP contribution in [-0.4, -0.2) is 74.5 Å². The summed E-state index contributed by atoms with van der Waals surface area (Å²) < 4.78 is 58.5. The van der Waals surface area contributed by atoms with Crippen molar-refractivity contribution in [3.05, 3.63) is 29.8 Å². The fraction of sp³-hybridized carbons (Fsp3) is 0.600. The quantitative estimate of drug-likeness (QED) is 0.499. The Morgan fingerprint density at radius 1 is 1.24 bits per heavy atom. The highest BCUT2D eigenvalue weighted by Gasteiger charge is 2.54. The molecule has 2 aromatic rings. The number of methoxy groups -OCH3 is 1. The molecule has 2 fully saturated rings. The Morgan fingerprint density at radius 2 is 1.92 bits per heavy atom. The van der Waals surface area contributed by atoms with Crippen molar-refractivity contribution in [3.8, 4) is 17.1 Å². The van der Waals surface area contributed by atoms with Crippen LogP contribution in [0.4, 0.5) is 17.6 Å². The van der Waals surface area contributed by atoms with Gasteiger partial charge in [0.15, 0.2) is 17.1 Å². The van der Waals surface area contributed by atoms with E-state index in [2.05, 4.69) is 20.5 Å². The van der Waals surface area contributed by atoms with Gasteiger partial charge in [-0.05, 0) is 51.0 Å². The molecule has 2 aromatic heterocycles. The topological polar surface area (TPSA) is 120 Å². The number of aromatic amines is 1. The third kappa shape index (κ3) is 5.47. The Kier molecular flexibility index (Phi) is 7.69. The number of H-pyrrole nitrogens is 1. The number of hydrogen-bond donors (Lipinski definition) is 3. The summed E-state index contributed by atoms with van der Waals surface area (Å²) in [5, 5.41) is 19.4. The third-order valence-electron chi connectivity index (χ3n) is 7.71. The lowest BCUT2D eigenvalue weighted by atomic mass is 9.80. The molecule has 0 radical (unpaired) electrons. The molecule has 38 heavy (non-hydrogen) atoms. The molecule has 208 valence electrons. The lowest BCUT2D eigenvalue weighted by Crippen LogP contribution is -2.54. The minimum atomic E-state index is -4.69. The summed E-state index contributed by atoms with van der Waals surface area (Å²) in [6.07, 6.45) is -4.15. The maximum absolute atomic E-state index is 14.3. The van der Waals surface area contributed by atoms with Crippen molar-refractivity contribution in [2.24, 2.45) is 11.8 Å². The van der Waals surface area contributed by atoms with Gasteiger partial charge in [-0.3, -0.25) is 14.7 Å². The molecule has 3 N–H and O–H groups in total. The Labute approximate surface area is 217 Å². The van der Waals surface area contributed by atoms with Gasteiger partial charge in [0, 0.05) is 36.2 Å². The predicted molar refractivity (Wildman–Crippen MR) is 128 cm³/mol. The average molecular weight is 542 g/mol. The first-order valence-electron chi connectivity index (χ1n) is 12.5. The van der Waals surface area contributed by atoms with Crippen LogP contribution in [0.25, 0.3) is 11.3 Å². The molecule has 0 bridgehead atoms. The highest BCUT2D eigenvalue weighted by atomic mass is 19.4. The summed E-state index contributed by atoms with van der Waals surface area (Å²) in [7, 11) is 1.40. The van der Waals surface area contributed by atoms with Crippen LogP contribution in [0.2, 0.25) is 0 Å². The number of likely N-dealkylation sites (tertiary alicyclic amines) is 1. The van der Waals surface area contributed by atoms with Gasteiger partial charge in [-0.25, -0.2) is 9.37 Å². The smallest absolute Gasteiger partial charge is 0.417 e. The van der Waals surface area contributed by atoms with Gasteiger partial charge in [-0.1, -0.05) is 6.92 Å². The number of nitrogens with zero attached hydrogens (tertiary/aromatic N) is 3. The number of amides is 2. The average Bonchev–Trinajstić information content (AvgIpc) is 3.36. The maximum Gasteiger partial charge on any atom is 0.417 e. The molecule has 2 amide bonds. The molecule has 1 aliphatic heterocycles. The summed E-state index contributed by atoms with van der Waals surface area (Å²) in [6, 6.07) is 2.08. The van der Waals surface area contributed by atoms with Crippen LogP contribution in [0.5, 0.6) is 5.88 Å². The third-order valence-corrected chi connectivity index (χ3v) is 7.71. The van der Waals surface area contributed by atoms with Crippen molar-refractivity contribution < 1.29 is 37.0 Å². The SMILES string of the molecule is COc1cc(-c2cc(C(=O)N3C[C@H](C)[C@H](C(=O)NC4CCC(O)(C(F)(F)F)CC4)C[C@@H]3C)n[nH]2)c(F)cn1. The summed E-state index contributed by atoms with van der Waals surface area (Å²) >= 11 is 0. The molecule has 0 aromatic carbocycles. The number of rotatable bonds is 5. The lowest BCUT2D eigenvalue weighted by molar-refractivity contribution is -0.270. The minimum Gasteiger partial charge on any atom is -0.481 e. The zero-order valence-electron chi connectivity index (χ0n) is 21.3. The normalized spacial score (nSPS) is 28.2. The highest BCUT2D eigenvalue weighted by molar-refractivity contribution is 5.94. The largest absolute Gasteiger partial charge is 0.481 e. The molecule has 9 nitrogen and oxygen atoms in total. The van der Waals surface area contributed by atoms with E-state index in [1.54, 1.807) is 4.90 Å². The van der Waals surface area contributed by atoms with E-state index in [4.69, 9.17) is 4.74 Å². The summed E-state index contributed by atoms with van der Waals surface area (Å²) in [6.45, 7) is 3.93.